The molecule has 0 atom stereocenters. The number of carboxylic acids is 2. The van der Waals surface area contributed by atoms with Crippen LogP contribution in [0.4, 0.5) is 0 Å². The third kappa shape index (κ3) is 11.4. The molecule has 0 unspecified atom stereocenters. The van der Waals surface area contributed by atoms with E-state index in [1.807, 2.05) is 0 Å². The summed E-state index contributed by atoms with van der Waals surface area (Å²) in [6, 6.07) is 4.74. The second kappa shape index (κ2) is 15.9. The topological polar surface area (TPSA) is 74.6 Å². The highest BCUT2D eigenvalue weighted by molar-refractivity contribution is 6.02. The number of carboxylic acid groups (broad SMARTS) is 2. The van der Waals surface area contributed by atoms with Crippen molar-refractivity contribution in [2.75, 3.05) is 0 Å². The molecule has 0 radical (unpaired) electrons. The van der Waals surface area contributed by atoms with E-state index in [-0.39, 0.29) is 11.1 Å². The molecule has 1 rings (SSSR count). The predicted octanol–water partition coefficient (Wildman–Crippen LogP) is 7.74. The Bertz CT molecular complexity index is 621. The van der Waals surface area contributed by atoms with E-state index >= 15 is 0 Å². The number of hydrogen-bond acceptors (Lipinski definition) is 2. The quantitative estimate of drug-likeness (QED) is 0.239. The molecule has 4 nitrogen and oxygen atoms in total. The van der Waals surface area contributed by atoms with Gasteiger partial charge in [0.15, 0.2) is 0 Å². The highest BCUT2D eigenvalue weighted by atomic mass is 16.4. The standard InChI is InChI=1S/C26H42O4/c1-21(2)17-14-12-10-8-6-4-3-5-7-9-11-13-15-18-22-19-16-20-23(25(27)28)24(22)26(29)30/h16,19-21H,3-15,17-18H2,1-2H3,(H,27,28)(H,29,30). The molecular weight excluding hydrogens is 376 g/mol. The van der Waals surface area contributed by atoms with Gasteiger partial charge in [-0.1, -0.05) is 109 Å². The van der Waals surface area contributed by atoms with Crippen molar-refractivity contribution in [1.82, 2.24) is 0 Å². The fraction of sp³-hybridized carbons (Fsp3) is 0.692. The van der Waals surface area contributed by atoms with Gasteiger partial charge in [-0.3, -0.25) is 0 Å². The minimum atomic E-state index is -1.18. The first-order valence-corrected chi connectivity index (χ1v) is 12.0. The summed E-state index contributed by atoms with van der Waals surface area (Å²) in [4.78, 5) is 22.7. The molecule has 0 saturated carbocycles. The lowest BCUT2D eigenvalue weighted by Gasteiger charge is -2.09. The Hall–Kier alpha value is -1.84. The Morgan fingerprint density at radius 1 is 0.700 bits per heavy atom. The third-order valence-corrected chi connectivity index (χ3v) is 5.82. The van der Waals surface area contributed by atoms with Crippen LogP contribution in [0.1, 0.15) is 130 Å². The van der Waals surface area contributed by atoms with Crippen LogP contribution in [0, 0.1) is 5.92 Å². The molecule has 0 fully saturated rings. The molecule has 1 aromatic rings. The van der Waals surface area contributed by atoms with E-state index in [0.29, 0.717) is 12.0 Å². The van der Waals surface area contributed by atoms with Gasteiger partial charge < -0.3 is 10.2 Å². The second-order valence-corrected chi connectivity index (χ2v) is 8.98. The molecule has 4 heteroatoms. The zero-order valence-corrected chi connectivity index (χ0v) is 19.1. The maximum atomic E-state index is 11.5. The summed E-state index contributed by atoms with van der Waals surface area (Å²) in [5.74, 6) is -1.49. The molecule has 0 spiro atoms. The maximum absolute atomic E-state index is 11.5. The summed E-state index contributed by atoms with van der Waals surface area (Å²) in [7, 11) is 0. The molecule has 0 aliphatic carbocycles. The molecule has 0 aliphatic heterocycles. The van der Waals surface area contributed by atoms with Crippen LogP contribution in [0.15, 0.2) is 18.2 Å². The SMILES string of the molecule is CC(C)CCCCCCCCCCCCCCCc1cccc(C(=O)O)c1C(=O)O. The molecule has 0 heterocycles. The summed E-state index contributed by atoms with van der Waals surface area (Å²) in [6.45, 7) is 4.60. The molecule has 2 N–H and O–H groups in total. The van der Waals surface area contributed by atoms with Crippen LogP contribution in [0.25, 0.3) is 0 Å². The van der Waals surface area contributed by atoms with Gasteiger partial charge in [-0.15, -0.1) is 0 Å². The zero-order valence-electron chi connectivity index (χ0n) is 19.1. The number of carbonyl (C=O) groups is 2. The Labute approximate surface area is 183 Å². The molecule has 170 valence electrons. The van der Waals surface area contributed by atoms with E-state index in [4.69, 9.17) is 0 Å². The molecule has 1 aromatic carbocycles. The van der Waals surface area contributed by atoms with E-state index in [1.54, 1.807) is 12.1 Å². The number of unbranched alkanes of at least 4 members (excludes halogenated alkanes) is 12. The predicted molar refractivity (Wildman–Crippen MR) is 124 cm³/mol. The Morgan fingerprint density at radius 3 is 1.60 bits per heavy atom. The van der Waals surface area contributed by atoms with Crippen LogP contribution >= 0.6 is 0 Å². The Kier molecular flexibility index (Phi) is 13.9. The Morgan fingerprint density at radius 2 is 1.17 bits per heavy atom. The van der Waals surface area contributed by atoms with Gasteiger partial charge >= 0.3 is 11.9 Å². The number of benzene rings is 1. The van der Waals surface area contributed by atoms with Crippen molar-refractivity contribution in [2.45, 2.75) is 110 Å². The molecular formula is C26H42O4. The van der Waals surface area contributed by atoms with Crippen LogP contribution in [-0.4, -0.2) is 22.2 Å². The van der Waals surface area contributed by atoms with Crippen molar-refractivity contribution in [3.8, 4) is 0 Å². The van der Waals surface area contributed by atoms with Gasteiger partial charge in [-0.05, 0) is 30.4 Å². The molecule has 0 saturated heterocycles. The van der Waals surface area contributed by atoms with E-state index in [2.05, 4.69) is 13.8 Å². The van der Waals surface area contributed by atoms with Gasteiger partial charge in [0.05, 0.1) is 11.1 Å². The normalized spacial score (nSPS) is 11.2. The van der Waals surface area contributed by atoms with Crippen molar-refractivity contribution >= 4 is 11.9 Å². The highest BCUT2D eigenvalue weighted by Crippen LogP contribution is 2.19. The highest BCUT2D eigenvalue weighted by Gasteiger charge is 2.19. The molecule has 0 aromatic heterocycles. The Balaban J connectivity index is 2.04. The number of hydrogen-bond donors (Lipinski definition) is 2. The maximum Gasteiger partial charge on any atom is 0.336 e. The van der Waals surface area contributed by atoms with Gasteiger partial charge in [-0.2, -0.15) is 0 Å². The van der Waals surface area contributed by atoms with E-state index in [1.165, 1.54) is 76.7 Å². The van der Waals surface area contributed by atoms with Crippen LogP contribution in [0.3, 0.4) is 0 Å². The summed E-state index contributed by atoms with van der Waals surface area (Å²) in [5, 5.41) is 18.6. The van der Waals surface area contributed by atoms with Crippen LogP contribution in [0.5, 0.6) is 0 Å². The lowest BCUT2D eigenvalue weighted by molar-refractivity contribution is 0.0650. The number of aromatic carboxylic acids is 2. The summed E-state index contributed by atoms with van der Waals surface area (Å²) < 4.78 is 0. The van der Waals surface area contributed by atoms with Crippen LogP contribution < -0.4 is 0 Å². The molecule has 0 aliphatic rings. The van der Waals surface area contributed by atoms with Crippen LogP contribution in [0.2, 0.25) is 0 Å². The summed E-state index contributed by atoms with van der Waals surface area (Å²) in [6.07, 6.45) is 18.6. The fourth-order valence-electron chi connectivity index (χ4n) is 4.05. The minimum absolute atomic E-state index is 0.0510. The molecule has 0 bridgehead atoms. The van der Waals surface area contributed by atoms with Crippen LogP contribution in [-0.2, 0) is 6.42 Å². The van der Waals surface area contributed by atoms with Crippen molar-refractivity contribution < 1.29 is 19.8 Å². The van der Waals surface area contributed by atoms with E-state index in [0.717, 1.165) is 25.2 Å². The lowest BCUT2D eigenvalue weighted by atomic mass is 9.96. The van der Waals surface area contributed by atoms with Gasteiger partial charge in [-0.25, -0.2) is 9.59 Å². The van der Waals surface area contributed by atoms with E-state index in [9.17, 15) is 19.8 Å². The monoisotopic (exact) mass is 418 g/mol. The van der Waals surface area contributed by atoms with Gasteiger partial charge in [0.2, 0.25) is 0 Å². The molecule has 30 heavy (non-hydrogen) atoms. The first kappa shape index (κ1) is 26.2. The first-order valence-electron chi connectivity index (χ1n) is 12.0. The van der Waals surface area contributed by atoms with Crippen molar-refractivity contribution in [2.24, 2.45) is 5.92 Å². The number of aryl methyl sites for hydroxylation is 1. The average molecular weight is 419 g/mol. The largest absolute Gasteiger partial charge is 0.478 e. The summed E-state index contributed by atoms with van der Waals surface area (Å²) >= 11 is 0. The molecule has 0 amide bonds. The van der Waals surface area contributed by atoms with Crippen molar-refractivity contribution in [3.05, 3.63) is 34.9 Å². The van der Waals surface area contributed by atoms with E-state index < -0.39 is 11.9 Å². The second-order valence-electron chi connectivity index (χ2n) is 8.98. The van der Waals surface area contributed by atoms with Gasteiger partial charge in [0, 0.05) is 0 Å². The fourth-order valence-corrected chi connectivity index (χ4v) is 4.05. The van der Waals surface area contributed by atoms with Gasteiger partial charge in [0.1, 0.15) is 0 Å². The lowest BCUT2D eigenvalue weighted by Crippen LogP contribution is -2.11. The first-order chi connectivity index (χ1) is 14.4. The van der Waals surface area contributed by atoms with Crippen molar-refractivity contribution in [3.63, 3.8) is 0 Å². The zero-order chi connectivity index (χ0) is 22.2. The summed E-state index contributed by atoms with van der Waals surface area (Å²) in [5.41, 5.74) is 0.465. The van der Waals surface area contributed by atoms with Crippen molar-refractivity contribution in [1.29, 1.82) is 0 Å². The smallest absolute Gasteiger partial charge is 0.336 e. The number of rotatable bonds is 18. The third-order valence-electron chi connectivity index (χ3n) is 5.82. The average Bonchev–Trinajstić information content (AvgIpc) is 2.70. The van der Waals surface area contributed by atoms with Gasteiger partial charge in [0.25, 0.3) is 0 Å². The minimum Gasteiger partial charge on any atom is -0.478 e.